The SMILES string of the molecule is COc1ccc(-c2nc3cc(Br)cnc3n(CCNC(C)=O)c2=O)cc1. The second-order valence-electron chi connectivity index (χ2n) is 5.62. The highest BCUT2D eigenvalue weighted by Gasteiger charge is 2.14. The minimum atomic E-state index is -0.261. The molecule has 0 aliphatic carbocycles. The number of hydrogen-bond donors (Lipinski definition) is 1. The van der Waals surface area contributed by atoms with Gasteiger partial charge in [-0.25, -0.2) is 9.97 Å². The molecule has 3 rings (SSSR count). The molecule has 0 saturated heterocycles. The van der Waals surface area contributed by atoms with Crippen molar-refractivity contribution in [2.75, 3.05) is 13.7 Å². The zero-order valence-corrected chi connectivity index (χ0v) is 15.9. The summed E-state index contributed by atoms with van der Waals surface area (Å²) in [5, 5.41) is 2.70. The molecule has 7 nitrogen and oxygen atoms in total. The molecule has 0 bridgehead atoms. The monoisotopic (exact) mass is 416 g/mol. The van der Waals surface area contributed by atoms with Crippen LogP contribution in [0.1, 0.15) is 6.92 Å². The number of amides is 1. The molecule has 0 spiro atoms. The van der Waals surface area contributed by atoms with Crippen LogP contribution in [0.15, 0.2) is 45.8 Å². The Morgan fingerprint density at radius 3 is 2.69 bits per heavy atom. The lowest BCUT2D eigenvalue weighted by atomic mass is 10.1. The van der Waals surface area contributed by atoms with Crippen LogP contribution < -0.4 is 15.6 Å². The lowest BCUT2D eigenvalue weighted by Gasteiger charge is -2.12. The predicted molar refractivity (Wildman–Crippen MR) is 102 cm³/mol. The quantitative estimate of drug-likeness (QED) is 0.689. The number of nitrogens with zero attached hydrogens (tertiary/aromatic N) is 3. The van der Waals surface area contributed by atoms with Crippen LogP contribution in [0.2, 0.25) is 0 Å². The molecule has 0 aliphatic rings. The van der Waals surface area contributed by atoms with Crippen molar-refractivity contribution in [2.24, 2.45) is 0 Å². The van der Waals surface area contributed by atoms with Gasteiger partial charge in [-0.05, 0) is 46.3 Å². The van der Waals surface area contributed by atoms with Crippen molar-refractivity contribution in [3.05, 3.63) is 51.4 Å². The number of benzene rings is 1. The lowest BCUT2D eigenvalue weighted by molar-refractivity contribution is -0.118. The van der Waals surface area contributed by atoms with E-state index in [9.17, 15) is 9.59 Å². The van der Waals surface area contributed by atoms with Gasteiger partial charge in [-0.1, -0.05) is 0 Å². The van der Waals surface area contributed by atoms with Crippen LogP contribution >= 0.6 is 15.9 Å². The van der Waals surface area contributed by atoms with Gasteiger partial charge in [0, 0.05) is 36.2 Å². The van der Waals surface area contributed by atoms with Crippen molar-refractivity contribution in [3.8, 4) is 17.0 Å². The zero-order chi connectivity index (χ0) is 18.7. The summed E-state index contributed by atoms with van der Waals surface area (Å²) in [7, 11) is 1.58. The molecule has 0 saturated carbocycles. The number of nitrogens with one attached hydrogen (secondary N) is 1. The summed E-state index contributed by atoms with van der Waals surface area (Å²) in [5.74, 6) is 0.549. The van der Waals surface area contributed by atoms with Gasteiger partial charge >= 0.3 is 0 Å². The standard InChI is InChI=1S/C18H17BrN4O3/c1-11(24)20-7-8-23-17-15(9-13(19)10-21-17)22-16(18(23)25)12-3-5-14(26-2)6-4-12/h3-6,9-10H,7-8H2,1-2H3,(H,20,24). The highest BCUT2D eigenvalue weighted by atomic mass is 79.9. The van der Waals surface area contributed by atoms with Gasteiger partial charge in [0.25, 0.3) is 5.56 Å². The maximum atomic E-state index is 13.0. The number of fused-ring (bicyclic) bond motifs is 1. The van der Waals surface area contributed by atoms with Crippen LogP contribution in [-0.2, 0) is 11.3 Å². The van der Waals surface area contributed by atoms with Gasteiger partial charge in [0.2, 0.25) is 5.91 Å². The second-order valence-corrected chi connectivity index (χ2v) is 6.54. The minimum absolute atomic E-state index is 0.150. The Bertz CT molecular complexity index is 1020. The Kier molecular flexibility index (Phi) is 5.32. The number of rotatable bonds is 5. The first-order valence-corrected chi connectivity index (χ1v) is 8.74. The normalized spacial score (nSPS) is 10.7. The highest BCUT2D eigenvalue weighted by molar-refractivity contribution is 9.10. The zero-order valence-electron chi connectivity index (χ0n) is 14.3. The average molecular weight is 417 g/mol. The molecule has 134 valence electrons. The number of halogens is 1. The third kappa shape index (κ3) is 3.75. The molecule has 0 unspecified atom stereocenters. The summed E-state index contributed by atoms with van der Waals surface area (Å²) < 4.78 is 7.46. The maximum absolute atomic E-state index is 13.0. The summed E-state index contributed by atoms with van der Waals surface area (Å²) in [5.41, 5.74) is 1.81. The summed E-state index contributed by atoms with van der Waals surface area (Å²) >= 11 is 3.38. The summed E-state index contributed by atoms with van der Waals surface area (Å²) in [6.45, 7) is 2.06. The van der Waals surface area contributed by atoms with Gasteiger partial charge in [-0.3, -0.25) is 14.2 Å². The highest BCUT2D eigenvalue weighted by Crippen LogP contribution is 2.21. The Labute approximate surface area is 158 Å². The Hall–Kier alpha value is -2.74. The van der Waals surface area contributed by atoms with Gasteiger partial charge in [0.1, 0.15) is 17.0 Å². The number of carbonyl (C=O) groups excluding carboxylic acids is 1. The number of pyridine rings is 1. The summed E-state index contributed by atoms with van der Waals surface area (Å²) in [4.78, 5) is 33.0. The van der Waals surface area contributed by atoms with Crippen molar-refractivity contribution < 1.29 is 9.53 Å². The topological polar surface area (TPSA) is 86.1 Å². The number of ether oxygens (including phenoxy) is 1. The van der Waals surface area contributed by atoms with E-state index in [-0.39, 0.29) is 11.5 Å². The molecule has 3 aromatic rings. The van der Waals surface area contributed by atoms with E-state index in [1.165, 1.54) is 11.5 Å². The molecule has 2 aromatic heterocycles. The molecule has 0 atom stereocenters. The molecule has 8 heteroatoms. The Morgan fingerprint density at radius 2 is 2.04 bits per heavy atom. The van der Waals surface area contributed by atoms with Gasteiger partial charge in [0.05, 0.1) is 7.11 Å². The molecule has 0 aliphatic heterocycles. The lowest BCUT2D eigenvalue weighted by Crippen LogP contribution is -2.31. The van der Waals surface area contributed by atoms with Crippen LogP contribution in [0, 0.1) is 0 Å². The number of hydrogen-bond acceptors (Lipinski definition) is 5. The van der Waals surface area contributed by atoms with Crippen molar-refractivity contribution in [1.82, 2.24) is 19.9 Å². The van der Waals surface area contributed by atoms with Crippen molar-refractivity contribution in [2.45, 2.75) is 13.5 Å². The van der Waals surface area contributed by atoms with Crippen LogP contribution in [0.4, 0.5) is 0 Å². The van der Waals surface area contributed by atoms with Crippen molar-refractivity contribution in [1.29, 1.82) is 0 Å². The van der Waals surface area contributed by atoms with E-state index in [2.05, 4.69) is 31.2 Å². The van der Waals surface area contributed by atoms with Gasteiger partial charge in [0.15, 0.2) is 5.65 Å². The second kappa shape index (κ2) is 7.65. The van der Waals surface area contributed by atoms with E-state index in [1.807, 2.05) is 6.07 Å². The van der Waals surface area contributed by atoms with Gasteiger partial charge in [-0.2, -0.15) is 0 Å². The molecule has 0 radical (unpaired) electrons. The summed E-state index contributed by atoms with van der Waals surface area (Å²) in [6.07, 6.45) is 1.62. The van der Waals surface area contributed by atoms with Crippen LogP contribution in [-0.4, -0.2) is 34.1 Å². The van der Waals surface area contributed by atoms with Crippen LogP contribution in [0.5, 0.6) is 5.75 Å². The maximum Gasteiger partial charge on any atom is 0.278 e. The van der Waals surface area contributed by atoms with E-state index < -0.39 is 0 Å². The number of carbonyl (C=O) groups is 1. The third-order valence-electron chi connectivity index (χ3n) is 3.82. The fourth-order valence-electron chi connectivity index (χ4n) is 2.59. The number of methoxy groups -OCH3 is 1. The van der Waals surface area contributed by atoms with Crippen molar-refractivity contribution in [3.63, 3.8) is 0 Å². The molecule has 0 fully saturated rings. The largest absolute Gasteiger partial charge is 0.497 e. The molecule has 1 aromatic carbocycles. The smallest absolute Gasteiger partial charge is 0.278 e. The minimum Gasteiger partial charge on any atom is -0.497 e. The van der Waals surface area contributed by atoms with E-state index >= 15 is 0 Å². The van der Waals surface area contributed by atoms with E-state index in [0.29, 0.717) is 41.3 Å². The Morgan fingerprint density at radius 1 is 1.31 bits per heavy atom. The molecular weight excluding hydrogens is 400 g/mol. The first-order valence-electron chi connectivity index (χ1n) is 7.94. The fourth-order valence-corrected chi connectivity index (χ4v) is 2.91. The van der Waals surface area contributed by atoms with Gasteiger partial charge < -0.3 is 10.1 Å². The summed E-state index contributed by atoms with van der Waals surface area (Å²) in [6, 6.07) is 8.95. The molecule has 1 amide bonds. The Balaban J connectivity index is 2.14. The molecule has 1 N–H and O–H groups in total. The molecular formula is C18H17BrN4O3. The van der Waals surface area contributed by atoms with Crippen molar-refractivity contribution >= 4 is 33.0 Å². The fraction of sp³-hybridized carbons (Fsp3) is 0.222. The third-order valence-corrected chi connectivity index (χ3v) is 4.26. The number of aromatic nitrogens is 3. The predicted octanol–water partition coefficient (Wildman–Crippen LogP) is 2.37. The van der Waals surface area contributed by atoms with Crippen LogP contribution in [0.25, 0.3) is 22.4 Å². The first-order chi connectivity index (χ1) is 12.5. The molecule has 26 heavy (non-hydrogen) atoms. The van der Waals surface area contributed by atoms with E-state index in [4.69, 9.17) is 4.74 Å². The van der Waals surface area contributed by atoms with Crippen LogP contribution in [0.3, 0.4) is 0 Å². The van der Waals surface area contributed by atoms with E-state index in [0.717, 1.165) is 4.47 Å². The first kappa shape index (κ1) is 18.1. The van der Waals surface area contributed by atoms with E-state index in [1.54, 1.807) is 37.6 Å². The average Bonchev–Trinajstić information content (AvgIpc) is 2.63. The molecule has 2 heterocycles. The van der Waals surface area contributed by atoms with Gasteiger partial charge in [-0.15, -0.1) is 0 Å².